The van der Waals surface area contributed by atoms with Crippen LogP contribution in [0, 0.1) is 0 Å². The molecule has 4 nitrogen and oxygen atoms in total. The Labute approximate surface area is 140 Å². The largest absolute Gasteiger partial charge is 0.390 e. The topological polar surface area (TPSA) is 39.7 Å². The van der Waals surface area contributed by atoms with E-state index in [0.29, 0.717) is 5.96 Å². The lowest BCUT2D eigenvalue weighted by Gasteiger charge is -2.43. The van der Waals surface area contributed by atoms with E-state index in [4.69, 9.17) is 0 Å². The molecule has 2 aliphatic rings. The summed E-state index contributed by atoms with van der Waals surface area (Å²) in [7, 11) is 1.60. The minimum Gasteiger partial charge on any atom is -0.356 e. The Balaban J connectivity index is 1.84. The molecule has 23 heavy (non-hydrogen) atoms. The number of nitrogens with zero attached hydrogens (tertiary/aromatic N) is 2. The average molecular weight is 352 g/mol. The summed E-state index contributed by atoms with van der Waals surface area (Å²) in [6.45, 7) is 2.82. The fourth-order valence-corrected chi connectivity index (χ4v) is 4.37. The predicted molar refractivity (Wildman–Crippen MR) is 90.1 cm³/mol. The molecule has 134 valence electrons. The molecule has 0 aromatic heterocycles. The molecule has 0 unspecified atom stereocenters. The normalized spacial score (nSPS) is 23.0. The maximum Gasteiger partial charge on any atom is 0.390 e. The van der Waals surface area contributed by atoms with E-state index in [1.165, 1.54) is 24.3 Å². The standard InChI is InChI=1S/C15H27F3N4S/c1-19-13(20-7-6-15(16,17)18)21-12-14(4-2-3-5-14)22-8-10-23-11-9-22/h2-12H2,1H3,(H2,19,20,21). The Morgan fingerprint density at radius 2 is 1.83 bits per heavy atom. The second-order valence-corrected chi connectivity index (χ2v) is 7.47. The summed E-state index contributed by atoms with van der Waals surface area (Å²) < 4.78 is 36.7. The summed E-state index contributed by atoms with van der Waals surface area (Å²) in [6, 6.07) is 0. The van der Waals surface area contributed by atoms with E-state index in [0.717, 1.165) is 32.5 Å². The molecule has 0 aromatic carbocycles. The summed E-state index contributed by atoms with van der Waals surface area (Å²) >= 11 is 1.99. The van der Waals surface area contributed by atoms with Crippen LogP contribution in [0.3, 0.4) is 0 Å². The zero-order valence-corrected chi connectivity index (χ0v) is 14.5. The first-order valence-electron chi connectivity index (χ1n) is 8.29. The van der Waals surface area contributed by atoms with Crippen molar-refractivity contribution in [3.05, 3.63) is 0 Å². The Hall–Kier alpha value is -0.630. The first-order chi connectivity index (χ1) is 11.0. The third-order valence-electron chi connectivity index (χ3n) is 4.73. The van der Waals surface area contributed by atoms with Gasteiger partial charge in [0.1, 0.15) is 0 Å². The first-order valence-corrected chi connectivity index (χ1v) is 9.45. The molecule has 2 fully saturated rings. The van der Waals surface area contributed by atoms with Crippen molar-refractivity contribution in [2.45, 2.75) is 43.8 Å². The minimum absolute atomic E-state index is 0.141. The van der Waals surface area contributed by atoms with Gasteiger partial charge >= 0.3 is 6.18 Å². The maximum absolute atomic E-state index is 12.2. The van der Waals surface area contributed by atoms with Crippen molar-refractivity contribution in [2.75, 3.05) is 44.7 Å². The van der Waals surface area contributed by atoms with Crippen LogP contribution in [0.2, 0.25) is 0 Å². The second-order valence-electron chi connectivity index (χ2n) is 6.25. The molecule has 0 bridgehead atoms. The lowest BCUT2D eigenvalue weighted by Crippen LogP contribution is -2.57. The lowest BCUT2D eigenvalue weighted by molar-refractivity contribution is -0.132. The second kappa shape index (κ2) is 8.46. The van der Waals surface area contributed by atoms with Gasteiger partial charge in [0.05, 0.1) is 6.42 Å². The Morgan fingerprint density at radius 3 is 2.39 bits per heavy atom. The van der Waals surface area contributed by atoms with E-state index in [2.05, 4.69) is 20.5 Å². The van der Waals surface area contributed by atoms with Gasteiger partial charge in [-0.1, -0.05) is 12.8 Å². The number of hydrogen-bond acceptors (Lipinski definition) is 3. The molecule has 1 saturated heterocycles. The summed E-state index contributed by atoms with van der Waals surface area (Å²) in [6.07, 6.45) is -0.211. The number of alkyl halides is 3. The first kappa shape index (κ1) is 18.7. The molecule has 2 N–H and O–H groups in total. The Bertz CT molecular complexity index is 389. The fourth-order valence-electron chi connectivity index (χ4n) is 3.47. The molecular formula is C15H27F3N4S. The number of aliphatic imine (C=N–C) groups is 1. The number of hydrogen-bond donors (Lipinski definition) is 2. The van der Waals surface area contributed by atoms with Crippen molar-refractivity contribution in [3.8, 4) is 0 Å². The summed E-state index contributed by atoms with van der Waals surface area (Å²) in [4.78, 5) is 6.63. The quantitative estimate of drug-likeness (QED) is 0.589. The van der Waals surface area contributed by atoms with Gasteiger partial charge in [0.15, 0.2) is 5.96 Å². The molecule has 0 aromatic rings. The molecule has 1 heterocycles. The Morgan fingerprint density at radius 1 is 1.17 bits per heavy atom. The monoisotopic (exact) mass is 352 g/mol. The van der Waals surface area contributed by atoms with E-state index in [1.807, 2.05) is 11.8 Å². The van der Waals surface area contributed by atoms with Crippen LogP contribution in [0.15, 0.2) is 4.99 Å². The SMILES string of the molecule is CN=C(NCCC(F)(F)F)NCC1(N2CCSCC2)CCCC1. The number of halogens is 3. The lowest BCUT2D eigenvalue weighted by atomic mass is 9.94. The van der Waals surface area contributed by atoms with Crippen LogP contribution in [-0.2, 0) is 0 Å². The van der Waals surface area contributed by atoms with Crippen molar-refractivity contribution in [1.82, 2.24) is 15.5 Å². The number of nitrogens with one attached hydrogen (secondary N) is 2. The molecule has 8 heteroatoms. The fraction of sp³-hybridized carbons (Fsp3) is 0.933. The van der Waals surface area contributed by atoms with Crippen LogP contribution in [0.4, 0.5) is 13.2 Å². The van der Waals surface area contributed by atoms with Gasteiger partial charge in [0.2, 0.25) is 0 Å². The van der Waals surface area contributed by atoms with Gasteiger partial charge in [-0.3, -0.25) is 9.89 Å². The highest BCUT2D eigenvalue weighted by molar-refractivity contribution is 7.99. The molecule has 0 spiro atoms. The smallest absolute Gasteiger partial charge is 0.356 e. The zero-order valence-electron chi connectivity index (χ0n) is 13.7. The van der Waals surface area contributed by atoms with Crippen LogP contribution >= 0.6 is 11.8 Å². The molecule has 0 atom stereocenters. The third-order valence-corrected chi connectivity index (χ3v) is 5.67. The minimum atomic E-state index is -4.13. The zero-order chi connectivity index (χ0) is 16.8. The molecule has 1 aliphatic carbocycles. The van der Waals surface area contributed by atoms with Gasteiger partial charge in [0.25, 0.3) is 0 Å². The molecule has 0 radical (unpaired) electrons. The molecule has 0 amide bonds. The van der Waals surface area contributed by atoms with Gasteiger partial charge < -0.3 is 10.6 Å². The van der Waals surface area contributed by atoms with Gasteiger partial charge in [-0.25, -0.2) is 0 Å². The van der Waals surface area contributed by atoms with E-state index >= 15 is 0 Å². The van der Waals surface area contributed by atoms with E-state index in [-0.39, 0.29) is 12.1 Å². The van der Waals surface area contributed by atoms with Crippen LogP contribution in [0.5, 0.6) is 0 Å². The maximum atomic E-state index is 12.2. The van der Waals surface area contributed by atoms with Crippen LogP contribution < -0.4 is 10.6 Å². The van der Waals surface area contributed by atoms with Crippen molar-refractivity contribution >= 4 is 17.7 Å². The van der Waals surface area contributed by atoms with Crippen LogP contribution in [0.25, 0.3) is 0 Å². The van der Waals surface area contributed by atoms with Gasteiger partial charge in [-0.2, -0.15) is 24.9 Å². The molecular weight excluding hydrogens is 325 g/mol. The molecule has 2 rings (SSSR count). The van der Waals surface area contributed by atoms with Crippen molar-refractivity contribution in [2.24, 2.45) is 4.99 Å². The van der Waals surface area contributed by atoms with Gasteiger partial charge in [-0.05, 0) is 12.8 Å². The van der Waals surface area contributed by atoms with E-state index in [9.17, 15) is 13.2 Å². The number of guanidine groups is 1. The van der Waals surface area contributed by atoms with Crippen molar-refractivity contribution in [1.29, 1.82) is 0 Å². The summed E-state index contributed by atoms with van der Waals surface area (Å²) in [5.41, 5.74) is 0.141. The number of rotatable bonds is 5. The van der Waals surface area contributed by atoms with Crippen molar-refractivity contribution in [3.63, 3.8) is 0 Å². The van der Waals surface area contributed by atoms with Crippen LogP contribution in [0.1, 0.15) is 32.1 Å². The highest BCUT2D eigenvalue weighted by atomic mass is 32.2. The van der Waals surface area contributed by atoms with E-state index < -0.39 is 12.6 Å². The molecule has 1 saturated carbocycles. The predicted octanol–water partition coefficient (Wildman–Crippen LogP) is 2.47. The Kier molecular flexibility index (Phi) is 6.88. The van der Waals surface area contributed by atoms with Gasteiger partial charge in [0, 0.05) is 50.3 Å². The van der Waals surface area contributed by atoms with Crippen LogP contribution in [-0.4, -0.2) is 67.3 Å². The highest BCUT2D eigenvalue weighted by Gasteiger charge is 2.40. The van der Waals surface area contributed by atoms with E-state index in [1.54, 1.807) is 7.05 Å². The highest BCUT2D eigenvalue weighted by Crippen LogP contribution is 2.36. The van der Waals surface area contributed by atoms with Gasteiger partial charge in [-0.15, -0.1) is 0 Å². The third kappa shape index (κ3) is 5.74. The number of thioether (sulfide) groups is 1. The van der Waals surface area contributed by atoms with Crippen molar-refractivity contribution < 1.29 is 13.2 Å². The molecule has 1 aliphatic heterocycles. The average Bonchev–Trinajstić information content (AvgIpc) is 3.00. The summed E-state index contributed by atoms with van der Waals surface area (Å²) in [5.74, 6) is 2.80. The summed E-state index contributed by atoms with van der Waals surface area (Å²) in [5, 5.41) is 6.03.